The van der Waals surface area contributed by atoms with Crippen molar-refractivity contribution < 1.29 is 19.0 Å². The van der Waals surface area contributed by atoms with E-state index in [4.69, 9.17) is 20.8 Å². The summed E-state index contributed by atoms with van der Waals surface area (Å²) in [5, 5.41) is 3.49. The second-order valence-electron chi connectivity index (χ2n) is 8.82. The van der Waals surface area contributed by atoms with Gasteiger partial charge >= 0.3 is 6.09 Å². The minimum Gasteiger partial charge on any atom is -0.500 e. The van der Waals surface area contributed by atoms with E-state index in [0.29, 0.717) is 51.9 Å². The maximum absolute atomic E-state index is 12.4. The maximum atomic E-state index is 12.4. The third kappa shape index (κ3) is 5.81. The lowest BCUT2D eigenvalue weighted by Crippen LogP contribution is -2.17. The monoisotopic (exact) mass is 515 g/mol. The zero-order valence-electron chi connectivity index (χ0n) is 21.5. The zero-order valence-corrected chi connectivity index (χ0v) is 21.5. The fourth-order valence-electron chi connectivity index (χ4n) is 4.06. The van der Waals surface area contributed by atoms with Crippen molar-refractivity contribution in [2.24, 2.45) is 0 Å². The first-order valence-corrected chi connectivity index (χ1v) is 12.3. The first kappa shape index (κ1) is 25.3. The normalized spacial score (nSPS) is 10.5. The van der Waals surface area contributed by atoms with Crippen LogP contribution in [0.25, 0.3) is 15.7 Å². The van der Waals surface area contributed by atoms with Crippen LogP contribution in [0.4, 0.5) is 16.2 Å². The van der Waals surface area contributed by atoms with Crippen molar-refractivity contribution in [3.05, 3.63) is 125 Å². The summed E-state index contributed by atoms with van der Waals surface area (Å²) in [5.41, 5.74) is 4.35. The lowest BCUT2D eigenvalue weighted by molar-refractivity contribution is 0.215. The lowest BCUT2D eigenvalue weighted by Gasteiger charge is -2.16. The van der Waals surface area contributed by atoms with Crippen LogP contribution in [-0.2, 0) is 6.61 Å². The van der Waals surface area contributed by atoms with Gasteiger partial charge in [0.1, 0.15) is 29.6 Å². The van der Waals surface area contributed by atoms with Crippen molar-refractivity contribution in [2.45, 2.75) is 20.5 Å². The van der Waals surface area contributed by atoms with Gasteiger partial charge < -0.3 is 14.2 Å². The summed E-state index contributed by atoms with van der Waals surface area (Å²) < 4.78 is 17.6. The van der Waals surface area contributed by atoms with Crippen molar-refractivity contribution >= 4 is 28.4 Å². The second kappa shape index (κ2) is 11.4. The molecule has 1 amide bonds. The third-order valence-electron chi connectivity index (χ3n) is 6.29. The quantitative estimate of drug-likeness (QED) is 0.220. The Kier molecular flexibility index (Phi) is 7.37. The van der Waals surface area contributed by atoms with Crippen molar-refractivity contribution in [1.29, 1.82) is 0 Å². The van der Waals surface area contributed by atoms with Gasteiger partial charge in [0.25, 0.3) is 0 Å². The van der Waals surface area contributed by atoms with Gasteiger partial charge in [-0.1, -0.05) is 48.5 Å². The smallest absolute Gasteiger partial charge is 0.417 e. The minimum atomic E-state index is -0.575. The summed E-state index contributed by atoms with van der Waals surface area (Å²) in [6.45, 7) is 11.9. The molecule has 5 aromatic rings. The Morgan fingerprint density at radius 2 is 1.62 bits per heavy atom. The first-order valence-electron chi connectivity index (χ1n) is 12.3. The molecular weight excluding hydrogens is 490 g/mol. The number of amides is 1. The molecule has 0 fully saturated rings. The van der Waals surface area contributed by atoms with Gasteiger partial charge in [-0.15, -0.1) is 0 Å². The molecule has 0 spiro atoms. The molecule has 0 aliphatic carbocycles. The van der Waals surface area contributed by atoms with E-state index < -0.39 is 6.09 Å². The Morgan fingerprint density at radius 1 is 0.872 bits per heavy atom. The number of aromatic nitrogens is 1. The van der Waals surface area contributed by atoms with Gasteiger partial charge in [-0.05, 0) is 73.0 Å². The molecule has 7 nitrogen and oxygen atoms in total. The first-order chi connectivity index (χ1) is 19.0. The fraction of sp³-hybridized carbons (Fsp3) is 0.0938. The number of anilines is 1. The highest BCUT2D eigenvalue weighted by atomic mass is 16.6. The molecule has 0 saturated heterocycles. The summed E-state index contributed by atoms with van der Waals surface area (Å²) in [5.74, 6) is 2.11. The number of ether oxygens (including phenoxy) is 3. The topological polar surface area (TPSA) is 74.0 Å². The lowest BCUT2D eigenvalue weighted by atomic mass is 10.1. The number of fused-ring (bicyclic) bond motifs is 1. The van der Waals surface area contributed by atoms with E-state index in [2.05, 4.69) is 15.1 Å². The molecule has 1 aromatic heterocycles. The SMILES string of the molecule is [C-]#[N+]c1cc2c(Oc3ccc(NC(=O)Oc4ccccc4)c(C)c3C)ccnc2cc1OCc1ccccc1. The predicted octanol–water partition coefficient (Wildman–Crippen LogP) is 8.38. The highest BCUT2D eigenvalue weighted by Crippen LogP contribution is 2.39. The number of benzene rings is 4. The number of hydrogen-bond donors (Lipinski definition) is 1. The highest BCUT2D eigenvalue weighted by Gasteiger charge is 2.15. The number of pyridine rings is 1. The summed E-state index contributed by atoms with van der Waals surface area (Å²) in [4.78, 5) is 20.5. The van der Waals surface area contributed by atoms with E-state index in [1.54, 1.807) is 60.8 Å². The van der Waals surface area contributed by atoms with Crippen molar-refractivity contribution in [3.63, 3.8) is 0 Å². The molecule has 0 saturated carbocycles. The summed E-state index contributed by atoms with van der Waals surface area (Å²) in [6.07, 6.45) is 1.09. The molecule has 4 aromatic carbocycles. The number of hydrogen-bond acceptors (Lipinski definition) is 5. The molecule has 1 N–H and O–H groups in total. The van der Waals surface area contributed by atoms with Gasteiger partial charge in [0.15, 0.2) is 0 Å². The van der Waals surface area contributed by atoms with Crippen LogP contribution in [-0.4, -0.2) is 11.1 Å². The van der Waals surface area contributed by atoms with E-state index in [9.17, 15) is 4.79 Å². The summed E-state index contributed by atoms with van der Waals surface area (Å²) in [6, 6.07) is 27.5. The van der Waals surface area contributed by atoms with E-state index in [-0.39, 0.29) is 0 Å². The van der Waals surface area contributed by atoms with Crippen molar-refractivity contribution in [2.75, 3.05) is 5.32 Å². The predicted molar refractivity (Wildman–Crippen MR) is 151 cm³/mol. The number of para-hydroxylation sites is 1. The van der Waals surface area contributed by atoms with Crippen LogP contribution in [0.1, 0.15) is 16.7 Å². The Balaban J connectivity index is 1.37. The number of nitrogens with one attached hydrogen (secondary N) is 1. The van der Waals surface area contributed by atoms with Gasteiger partial charge in [0.2, 0.25) is 5.69 Å². The fourth-order valence-corrected chi connectivity index (χ4v) is 4.06. The van der Waals surface area contributed by atoms with Gasteiger partial charge in [-0.25, -0.2) is 9.64 Å². The number of nitrogens with zero attached hydrogens (tertiary/aromatic N) is 2. The van der Waals surface area contributed by atoms with E-state index in [1.807, 2.05) is 50.2 Å². The molecule has 0 radical (unpaired) electrons. The molecule has 1 heterocycles. The summed E-state index contributed by atoms with van der Waals surface area (Å²) >= 11 is 0. The van der Waals surface area contributed by atoms with Crippen LogP contribution in [0.3, 0.4) is 0 Å². The van der Waals surface area contributed by atoms with Crippen LogP contribution in [0, 0.1) is 20.4 Å². The van der Waals surface area contributed by atoms with Crippen LogP contribution in [0.2, 0.25) is 0 Å². The van der Waals surface area contributed by atoms with Crippen molar-refractivity contribution in [3.8, 4) is 23.0 Å². The van der Waals surface area contributed by atoms with E-state index in [1.165, 1.54) is 0 Å². The second-order valence-corrected chi connectivity index (χ2v) is 8.82. The molecule has 0 atom stereocenters. The molecule has 0 aliphatic rings. The minimum absolute atomic E-state index is 0.350. The van der Waals surface area contributed by atoms with Gasteiger partial charge in [-0.3, -0.25) is 10.3 Å². The molecule has 0 aliphatic heterocycles. The average Bonchev–Trinajstić information content (AvgIpc) is 2.96. The number of carbonyl (C=O) groups is 1. The summed E-state index contributed by atoms with van der Waals surface area (Å²) in [7, 11) is 0. The number of rotatable bonds is 7. The molecule has 192 valence electrons. The molecule has 7 heteroatoms. The maximum Gasteiger partial charge on any atom is 0.417 e. The van der Waals surface area contributed by atoms with E-state index >= 15 is 0 Å². The molecule has 0 unspecified atom stereocenters. The third-order valence-corrected chi connectivity index (χ3v) is 6.29. The molecule has 0 bridgehead atoms. The Labute approximate surface area is 226 Å². The van der Waals surface area contributed by atoms with Crippen molar-refractivity contribution in [1.82, 2.24) is 4.98 Å². The number of carbonyl (C=O) groups excluding carboxylic acids is 1. The largest absolute Gasteiger partial charge is 0.500 e. The zero-order chi connectivity index (χ0) is 27.2. The standard InChI is InChI=1S/C32H25N3O4/c1-21-22(2)29(15-14-26(21)35-32(36)38-24-12-8-5-9-13-24)39-30-16-17-34-27-19-31(28(33-3)18-25(27)30)37-20-23-10-6-4-7-11-23/h4-19H,20H2,1-2H3,(H,35,36). The van der Waals surface area contributed by atoms with E-state index in [0.717, 1.165) is 16.7 Å². The Bertz CT molecular complexity index is 1680. The van der Waals surface area contributed by atoms with Crippen LogP contribution in [0.5, 0.6) is 23.0 Å². The Hall–Kier alpha value is -5.35. The molecule has 39 heavy (non-hydrogen) atoms. The van der Waals surface area contributed by atoms with Gasteiger partial charge in [0.05, 0.1) is 12.1 Å². The highest BCUT2D eigenvalue weighted by molar-refractivity contribution is 5.91. The van der Waals surface area contributed by atoms with Crippen LogP contribution in [0.15, 0.2) is 97.2 Å². The van der Waals surface area contributed by atoms with Gasteiger partial charge in [-0.2, -0.15) is 0 Å². The Morgan fingerprint density at radius 3 is 2.36 bits per heavy atom. The molecule has 5 rings (SSSR count). The van der Waals surface area contributed by atoms with Gasteiger partial charge in [0, 0.05) is 17.3 Å². The molecular formula is C32H25N3O4. The van der Waals surface area contributed by atoms with Crippen LogP contribution < -0.4 is 19.5 Å². The average molecular weight is 516 g/mol. The van der Waals surface area contributed by atoms with Crippen LogP contribution >= 0.6 is 0 Å².